The molecule has 0 aliphatic heterocycles. The van der Waals surface area contributed by atoms with Crippen LogP contribution in [0, 0.1) is 10.1 Å². The first kappa shape index (κ1) is 19.1. The number of carbonyl (C=O) groups excluding carboxylic acids is 3. The van der Waals surface area contributed by atoms with Crippen LogP contribution in [0.5, 0.6) is 0 Å². The molecule has 9 heteroatoms. The Morgan fingerprint density at radius 2 is 1.96 bits per heavy atom. The number of amides is 2. The van der Waals surface area contributed by atoms with E-state index in [1.54, 1.807) is 13.0 Å². The smallest absolute Gasteiger partial charge is 0.306 e. The van der Waals surface area contributed by atoms with Gasteiger partial charge >= 0.3 is 5.97 Å². The summed E-state index contributed by atoms with van der Waals surface area (Å²) in [7, 11) is 0. The number of nitro groups is 1. The third kappa shape index (κ3) is 6.03. The highest BCUT2D eigenvalue weighted by Crippen LogP contribution is 2.19. The maximum Gasteiger partial charge on any atom is 0.306 e. The Kier molecular flexibility index (Phi) is 7.34. The van der Waals surface area contributed by atoms with E-state index in [1.807, 2.05) is 0 Å². The third-order valence-corrected chi connectivity index (χ3v) is 3.15. The van der Waals surface area contributed by atoms with Crippen LogP contribution in [0.4, 0.5) is 5.69 Å². The van der Waals surface area contributed by atoms with Crippen LogP contribution >= 0.6 is 0 Å². The number of primary amides is 1. The summed E-state index contributed by atoms with van der Waals surface area (Å²) in [6, 6.07) is 4.76. The molecule has 0 unspecified atom stereocenters. The molecule has 0 spiro atoms. The largest absolute Gasteiger partial charge is 0.466 e. The van der Waals surface area contributed by atoms with Crippen LogP contribution in [0.3, 0.4) is 0 Å². The second-order valence-corrected chi connectivity index (χ2v) is 4.92. The van der Waals surface area contributed by atoms with Crippen molar-refractivity contribution in [2.75, 3.05) is 6.61 Å². The Bertz CT molecular complexity index is 631. The minimum absolute atomic E-state index is 0.113. The van der Waals surface area contributed by atoms with Crippen molar-refractivity contribution in [3.8, 4) is 0 Å². The molecular formula is C15H19N3O6. The van der Waals surface area contributed by atoms with Crippen LogP contribution in [0.15, 0.2) is 24.3 Å². The molecule has 0 heterocycles. The van der Waals surface area contributed by atoms with Gasteiger partial charge in [-0.05, 0) is 6.92 Å². The molecule has 0 saturated heterocycles. The second-order valence-electron chi connectivity index (χ2n) is 4.92. The van der Waals surface area contributed by atoms with E-state index in [0.717, 1.165) is 0 Å². The zero-order chi connectivity index (χ0) is 18.1. The summed E-state index contributed by atoms with van der Waals surface area (Å²) in [6.07, 6.45) is -0.409. The molecule has 9 nitrogen and oxygen atoms in total. The number of rotatable bonds is 9. The van der Waals surface area contributed by atoms with Crippen LogP contribution in [0.25, 0.3) is 0 Å². The second kappa shape index (κ2) is 9.23. The van der Waals surface area contributed by atoms with Crippen LogP contribution in [-0.2, 0) is 25.5 Å². The lowest BCUT2D eigenvalue weighted by atomic mass is 10.0. The highest BCUT2D eigenvalue weighted by Gasteiger charge is 2.23. The fraction of sp³-hybridized carbons (Fsp3) is 0.400. The molecule has 0 saturated carbocycles. The lowest BCUT2D eigenvalue weighted by molar-refractivity contribution is -0.385. The van der Waals surface area contributed by atoms with Crippen molar-refractivity contribution >= 4 is 23.5 Å². The summed E-state index contributed by atoms with van der Waals surface area (Å²) < 4.78 is 4.70. The molecule has 1 rings (SSSR count). The van der Waals surface area contributed by atoms with E-state index in [4.69, 9.17) is 10.5 Å². The van der Waals surface area contributed by atoms with Gasteiger partial charge in [-0.2, -0.15) is 0 Å². The maximum absolute atomic E-state index is 11.8. The number of ether oxygens (including phenoxy) is 1. The number of nitrogens with one attached hydrogen (secondary N) is 1. The highest BCUT2D eigenvalue weighted by molar-refractivity contribution is 5.88. The number of hydrogen-bond acceptors (Lipinski definition) is 6. The predicted octanol–water partition coefficient (Wildman–Crippen LogP) is 0.451. The van der Waals surface area contributed by atoms with Crippen molar-refractivity contribution in [2.24, 2.45) is 5.73 Å². The fourth-order valence-electron chi connectivity index (χ4n) is 2.02. The number of nitro benzene ring substituents is 1. The van der Waals surface area contributed by atoms with Gasteiger partial charge in [-0.1, -0.05) is 18.2 Å². The molecule has 0 fully saturated rings. The average Bonchev–Trinajstić information content (AvgIpc) is 2.52. The molecule has 1 aromatic rings. The number of hydrogen-bond donors (Lipinski definition) is 2. The third-order valence-electron chi connectivity index (χ3n) is 3.15. The summed E-state index contributed by atoms with van der Waals surface area (Å²) in [5, 5.41) is 13.4. The molecule has 3 N–H and O–H groups in total. The maximum atomic E-state index is 11.8. The van der Waals surface area contributed by atoms with Crippen molar-refractivity contribution in [3.05, 3.63) is 39.9 Å². The first-order valence-corrected chi connectivity index (χ1v) is 7.31. The van der Waals surface area contributed by atoms with Crippen LogP contribution < -0.4 is 11.1 Å². The standard InChI is InChI=1S/C15H19N3O6/c1-2-24-14(20)8-7-13(19)17-11(15(16)21)9-10-5-3-4-6-12(10)18(22)23/h3-6,11H,2,7-9H2,1H3,(H2,16,21)(H,17,19)/t11-/m1/s1. The first-order valence-electron chi connectivity index (χ1n) is 7.31. The van der Waals surface area contributed by atoms with Gasteiger partial charge in [-0.25, -0.2) is 0 Å². The van der Waals surface area contributed by atoms with E-state index < -0.39 is 28.7 Å². The van der Waals surface area contributed by atoms with E-state index >= 15 is 0 Å². The lowest BCUT2D eigenvalue weighted by Gasteiger charge is -2.15. The molecule has 0 aliphatic rings. The monoisotopic (exact) mass is 337 g/mol. The molecule has 1 aromatic carbocycles. The number of esters is 1. The van der Waals surface area contributed by atoms with Crippen molar-refractivity contribution < 1.29 is 24.0 Å². The van der Waals surface area contributed by atoms with Crippen molar-refractivity contribution in [3.63, 3.8) is 0 Å². The first-order chi connectivity index (χ1) is 11.3. The van der Waals surface area contributed by atoms with Crippen molar-refractivity contribution in [1.29, 1.82) is 0 Å². The Labute approximate surface area is 138 Å². The summed E-state index contributed by atoms with van der Waals surface area (Å²) in [4.78, 5) is 44.9. The van der Waals surface area contributed by atoms with Gasteiger partial charge in [0.2, 0.25) is 11.8 Å². The molecule has 0 bridgehead atoms. The molecular weight excluding hydrogens is 318 g/mol. The average molecular weight is 337 g/mol. The lowest BCUT2D eigenvalue weighted by Crippen LogP contribution is -2.46. The molecule has 130 valence electrons. The topological polar surface area (TPSA) is 142 Å². The zero-order valence-corrected chi connectivity index (χ0v) is 13.2. The van der Waals surface area contributed by atoms with Crippen LogP contribution in [0.2, 0.25) is 0 Å². The van der Waals surface area contributed by atoms with Gasteiger partial charge in [-0.15, -0.1) is 0 Å². The number of carbonyl (C=O) groups is 3. The number of para-hydroxylation sites is 1. The van der Waals surface area contributed by atoms with Crippen molar-refractivity contribution in [2.45, 2.75) is 32.2 Å². The van der Waals surface area contributed by atoms with Gasteiger partial charge in [0, 0.05) is 24.5 Å². The SMILES string of the molecule is CCOC(=O)CCC(=O)N[C@H](Cc1ccccc1[N+](=O)[O-])C(N)=O. The minimum Gasteiger partial charge on any atom is -0.466 e. The Morgan fingerprint density at radius 3 is 2.54 bits per heavy atom. The van der Waals surface area contributed by atoms with Crippen molar-refractivity contribution in [1.82, 2.24) is 5.32 Å². The fourth-order valence-corrected chi connectivity index (χ4v) is 2.02. The zero-order valence-electron chi connectivity index (χ0n) is 13.2. The Hall–Kier alpha value is -2.97. The Balaban J connectivity index is 2.72. The number of nitrogens with two attached hydrogens (primary N) is 1. The van der Waals surface area contributed by atoms with E-state index in [2.05, 4.69) is 5.32 Å². The summed E-state index contributed by atoms with van der Waals surface area (Å²) in [5.74, 6) is -1.91. The molecule has 0 aromatic heterocycles. The van der Waals surface area contributed by atoms with Gasteiger partial charge in [0.15, 0.2) is 0 Å². The molecule has 1 atom stereocenters. The molecule has 0 radical (unpaired) electrons. The Morgan fingerprint density at radius 1 is 1.29 bits per heavy atom. The van der Waals surface area contributed by atoms with Gasteiger partial charge in [0.25, 0.3) is 5.69 Å². The van der Waals surface area contributed by atoms with Gasteiger partial charge < -0.3 is 15.8 Å². The van der Waals surface area contributed by atoms with E-state index in [1.165, 1.54) is 18.2 Å². The quantitative estimate of drug-likeness (QED) is 0.380. The van der Waals surface area contributed by atoms with Gasteiger partial charge in [0.05, 0.1) is 18.0 Å². The van der Waals surface area contributed by atoms with E-state index in [9.17, 15) is 24.5 Å². The minimum atomic E-state index is -1.11. The molecule has 0 aliphatic carbocycles. The van der Waals surface area contributed by atoms with E-state index in [-0.39, 0.29) is 37.1 Å². The number of nitrogens with zero attached hydrogens (tertiary/aromatic N) is 1. The van der Waals surface area contributed by atoms with Crippen LogP contribution in [-0.4, -0.2) is 35.4 Å². The molecule has 24 heavy (non-hydrogen) atoms. The summed E-state index contributed by atoms with van der Waals surface area (Å²) in [5.41, 5.74) is 5.36. The predicted molar refractivity (Wildman–Crippen MR) is 83.8 cm³/mol. The summed E-state index contributed by atoms with van der Waals surface area (Å²) in [6.45, 7) is 1.86. The normalized spacial score (nSPS) is 11.4. The van der Waals surface area contributed by atoms with Gasteiger partial charge in [0.1, 0.15) is 6.04 Å². The molecule has 2 amide bonds. The summed E-state index contributed by atoms with van der Waals surface area (Å²) >= 11 is 0. The van der Waals surface area contributed by atoms with Crippen LogP contribution in [0.1, 0.15) is 25.3 Å². The highest BCUT2D eigenvalue weighted by atomic mass is 16.6. The van der Waals surface area contributed by atoms with Gasteiger partial charge in [-0.3, -0.25) is 24.5 Å². The number of benzene rings is 1. The van der Waals surface area contributed by atoms with E-state index in [0.29, 0.717) is 0 Å².